The largest absolute Gasteiger partial charge is 0.381 e. The zero-order chi connectivity index (χ0) is 17.7. The van der Waals surface area contributed by atoms with Gasteiger partial charge in [-0.2, -0.15) is 0 Å². The van der Waals surface area contributed by atoms with E-state index in [1.165, 1.54) is 0 Å². The number of halogens is 1. The molecule has 0 aliphatic carbocycles. The molecule has 7 heteroatoms. The van der Waals surface area contributed by atoms with Crippen molar-refractivity contribution in [3.8, 4) is 0 Å². The molecule has 144 valence electrons. The van der Waals surface area contributed by atoms with E-state index in [-0.39, 0.29) is 30.3 Å². The molecular formula is C19H28ClN3O3. The molecule has 26 heavy (non-hydrogen) atoms. The van der Waals surface area contributed by atoms with Gasteiger partial charge in [-0.1, -0.05) is 30.3 Å². The van der Waals surface area contributed by atoms with E-state index < -0.39 is 5.54 Å². The minimum atomic E-state index is -0.627. The quantitative estimate of drug-likeness (QED) is 0.810. The van der Waals surface area contributed by atoms with Crippen molar-refractivity contribution in [1.29, 1.82) is 0 Å². The van der Waals surface area contributed by atoms with Crippen molar-refractivity contribution in [2.45, 2.75) is 43.8 Å². The average Bonchev–Trinajstić information content (AvgIpc) is 3.17. The molecule has 2 N–H and O–H groups in total. The summed E-state index contributed by atoms with van der Waals surface area (Å²) < 4.78 is 5.47. The Morgan fingerprint density at radius 2 is 1.92 bits per heavy atom. The van der Waals surface area contributed by atoms with E-state index in [1.54, 1.807) is 7.05 Å². The molecular weight excluding hydrogens is 354 g/mol. The fourth-order valence-corrected chi connectivity index (χ4v) is 4.04. The maximum atomic E-state index is 12.8. The summed E-state index contributed by atoms with van der Waals surface area (Å²) in [5, 5.41) is 5.84. The maximum absolute atomic E-state index is 12.8. The van der Waals surface area contributed by atoms with E-state index in [4.69, 9.17) is 4.74 Å². The summed E-state index contributed by atoms with van der Waals surface area (Å²) in [4.78, 5) is 27.6. The van der Waals surface area contributed by atoms with Gasteiger partial charge in [0.15, 0.2) is 0 Å². The number of carbonyl (C=O) groups excluding carboxylic acids is 2. The second kappa shape index (κ2) is 9.35. The zero-order valence-electron chi connectivity index (χ0n) is 15.2. The van der Waals surface area contributed by atoms with Crippen LogP contribution in [0.5, 0.6) is 0 Å². The lowest BCUT2D eigenvalue weighted by atomic mass is 9.86. The van der Waals surface area contributed by atoms with E-state index in [0.29, 0.717) is 32.6 Å². The lowest BCUT2D eigenvalue weighted by Gasteiger charge is -2.45. The second-order valence-electron chi connectivity index (χ2n) is 6.78. The normalized spacial score (nSPS) is 22.3. The first kappa shape index (κ1) is 20.7. The molecule has 0 spiro atoms. The van der Waals surface area contributed by atoms with Gasteiger partial charge in [0.1, 0.15) is 5.54 Å². The summed E-state index contributed by atoms with van der Waals surface area (Å²) in [6.45, 7) is 2.40. The molecule has 1 aromatic carbocycles. The van der Waals surface area contributed by atoms with Crippen molar-refractivity contribution in [1.82, 2.24) is 15.5 Å². The molecule has 2 aliphatic rings. The molecule has 2 aliphatic heterocycles. The van der Waals surface area contributed by atoms with Gasteiger partial charge in [-0.3, -0.25) is 14.5 Å². The van der Waals surface area contributed by atoms with E-state index in [2.05, 4.69) is 15.5 Å². The summed E-state index contributed by atoms with van der Waals surface area (Å²) in [5.41, 5.74) is 0.450. The summed E-state index contributed by atoms with van der Waals surface area (Å²) in [6, 6.07) is 9.63. The maximum Gasteiger partial charge on any atom is 0.240 e. The van der Waals surface area contributed by atoms with E-state index in [1.807, 2.05) is 30.3 Å². The third-order valence-corrected chi connectivity index (χ3v) is 5.38. The Morgan fingerprint density at radius 1 is 1.23 bits per heavy atom. The molecule has 2 amide bonds. The van der Waals surface area contributed by atoms with Crippen LogP contribution in [0.1, 0.15) is 31.2 Å². The van der Waals surface area contributed by atoms with E-state index >= 15 is 0 Å². The lowest BCUT2D eigenvalue weighted by Crippen LogP contribution is -2.64. The van der Waals surface area contributed by atoms with Crippen LogP contribution in [0.2, 0.25) is 0 Å². The third kappa shape index (κ3) is 4.19. The fourth-order valence-electron chi connectivity index (χ4n) is 4.04. The predicted molar refractivity (Wildman–Crippen MR) is 102 cm³/mol. The van der Waals surface area contributed by atoms with Gasteiger partial charge >= 0.3 is 0 Å². The van der Waals surface area contributed by atoms with Gasteiger partial charge in [-0.25, -0.2) is 0 Å². The smallest absolute Gasteiger partial charge is 0.240 e. The van der Waals surface area contributed by atoms with Gasteiger partial charge in [0, 0.05) is 33.4 Å². The molecule has 6 nitrogen and oxygen atoms in total. The number of nitrogens with zero attached hydrogens (tertiary/aromatic N) is 1. The van der Waals surface area contributed by atoms with Crippen molar-refractivity contribution in [2.24, 2.45) is 0 Å². The number of amides is 2. The first-order valence-electron chi connectivity index (χ1n) is 9.06. The molecule has 0 aromatic heterocycles. The Kier molecular flexibility index (Phi) is 7.43. The number of likely N-dealkylation sites (tertiary alicyclic amines) is 1. The number of rotatable bonds is 5. The molecule has 1 atom stereocenters. The highest BCUT2D eigenvalue weighted by atomic mass is 35.5. The Labute approximate surface area is 161 Å². The van der Waals surface area contributed by atoms with Crippen LogP contribution in [0.4, 0.5) is 0 Å². The predicted octanol–water partition coefficient (Wildman–Crippen LogP) is 1.48. The first-order valence-corrected chi connectivity index (χ1v) is 9.06. The Hall–Kier alpha value is -1.63. The Morgan fingerprint density at radius 3 is 2.58 bits per heavy atom. The minimum Gasteiger partial charge on any atom is -0.381 e. The van der Waals surface area contributed by atoms with Crippen LogP contribution in [0.15, 0.2) is 30.3 Å². The molecule has 1 aromatic rings. The molecule has 0 saturated carbocycles. The van der Waals surface area contributed by atoms with Crippen LogP contribution in [-0.2, 0) is 20.9 Å². The summed E-state index contributed by atoms with van der Waals surface area (Å²) in [5.74, 6) is 0.00897. The minimum absolute atomic E-state index is 0. The third-order valence-electron chi connectivity index (χ3n) is 5.38. The van der Waals surface area contributed by atoms with Crippen molar-refractivity contribution in [3.05, 3.63) is 35.9 Å². The summed E-state index contributed by atoms with van der Waals surface area (Å²) in [6.07, 6.45) is 2.99. The lowest BCUT2D eigenvalue weighted by molar-refractivity contribution is -0.145. The molecule has 2 heterocycles. The van der Waals surface area contributed by atoms with Crippen LogP contribution >= 0.6 is 12.4 Å². The average molecular weight is 382 g/mol. The molecule has 0 bridgehead atoms. The van der Waals surface area contributed by atoms with Crippen molar-refractivity contribution in [2.75, 3.05) is 26.8 Å². The molecule has 2 saturated heterocycles. The van der Waals surface area contributed by atoms with Crippen molar-refractivity contribution >= 4 is 24.2 Å². The highest BCUT2D eigenvalue weighted by molar-refractivity contribution is 5.88. The standard InChI is InChI=1S/C19H27N3O3.ClH/c1-20-18(24)19(9-12-25-13-10-19)22-11-5-8-16(22)17(23)21-14-15-6-3-2-4-7-15;/h2-4,6-7,16H,5,8-14H2,1H3,(H,20,24)(H,21,23);1H/t16-;/m0./s1. The highest BCUT2D eigenvalue weighted by Gasteiger charge is 2.50. The van der Waals surface area contributed by atoms with Crippen LogP contribution in [0.3, 0.4) is 0 Å². The number of likely N-dealkylation sites (N-methyl/N-ethyl adjacent to an activating group) is 1. The van der Waals surface area contributed by atoms with Crippen molar-refractivity contribution < 1.29 is 14.3 Å². The molecule has 2 fully saturated rings. The number of nitrogens with one attached hydrogen (secondary N) is 2. The first-order chi connectivity index (χ1) is 12.2. The number of benzene rings is 1. The topological polar surface area (TPSA) is 70.7 Å². The number of hydrogen-bond donors (Lipinski definition) is 2. The van der Waals surface area contributed by atoms with Crippen LogP contribution in [-0.4, -0.2) is 55.1 Å². The number of carbonyl (C=O) groups is 2. The number of hydrogen-bond acceptors (Lipinski definition) is 4. The fraction of sp³-hybridized carbons (Fsp3) is 0.579. The second-order valence-corrected chi connectivity index (χ2v) is 6.78. The molecule has 0 radical (unpaired) electrons. The van der Waals surface area contributed by atoms with Gasteiger partial charge < -0.3 is 15.4 Å². The summed E-state index contributed by atoms with van der Waals surface area (Å²) >= 11 is 0. The zero-order valence-corrected chi connectivity index (χ0v) is 16.0. The van der Waals surface area contributed by atoms with Crippen LogP contribution in [0, 0.1) is 0 Å². The van der Waals surface area contributed by atoms with Gasteiger partial charge in [-0.05, 0) is 31.2 Å². The highest BCUT2D eigenvalue weighted by Crippen LogP contribution is 2.35. The SMILES string of the molecule is CNC(=O)C1(N2CCC[C@H]2C(=O)NCc2ccccc2)CCOCC1.Cl. The van der Waals surface area contributed by atoms with E-state index in [9.17, 15) is 9.59 Å². The molecule has 3 rings (SSSR count). The van der Waals surface area contributed by atoms with Crippen molar-refractivity contribution in [3.63, 3.8) is 0 Å². The van der Waals surface area contributed by atoms with E-state index in [0.717, 1.165) is 24.9 Å². The number of ether oxygens (including phenoxy) is 1. The van der Waals surface area contributed by atoms with Gasteiger partial charge in [0.05, 0.1) is 6.04 Å². The van der Waals surface area contributed by atoms with Crippen LogP contribution in [0.25, 0.3) is 0 Å². The Bertz CT molecular complexity index is 605. The van der Waals surface area contributed by atoms with Crippen LogP contribution < -0.4 is 10.6 Å². The molecule has 0 unspecified atom stereocenters. The Balaban J connectivity index is 0.00000243. The summed E-state index contributed by atoms with van der Waals surface area (Å²) in [7, 11) is 1.67. The van der Waals surface area contributed by atoms with Gasteiger partial charge in [0.25, 0.3) is 0 Å². The monoisotopic (exact) mass is 381 g/mol. The van der Waals surface area contributed by atoms with Gasteiger partial charge in [-0.15, -0.1) is 12.4 Å². The van der Waals surface area contributed by atoms with Gasteiger partial charge in [0.2, 0.25) is 11.8 Å².